The molecule has 0 saturated carbocycles. The predicted molar refractivity (Wildman–Crippen MR) is 67.1 cm³/mol. The fourth-order valence-corrected chi connectivity index (χ4v) is 2.22. The molecule has 1 aromatic heterocycles. The molecule has 2 rings (SSSR count). The Hall–Kier alpha value is -1.71. The number of H-pyrrole nitrogens is 1. The van der Waals surface area contributed by atoms with Crippen molar-refractivity contribution in [3.8, 4) is 6.07 Å². The second-order valence-corrected chi connectivity index (χ2v) is 4.74. The number of hydrogen-bond acceptors (Lipinski definition) is 5. The summed E-state index contributed by atoms with van der Waals surface area (Å²) in [6.07, 6.45) is 2.46. The van der Waals surface area contributed by atoms with Gasteiger partial charge in [0.05, 0.1) is 12.2 Å². The van der Waals surface area contributed by atoms with E-state index in [1.807, 2.05) is 13.1 Å². The van der Waals surface area contributed by atoms with Crippen LogP contribution in [0.15, 0.2) is 11.0 Å². The zero-order valence-electron chi connectivity index (χ0n) is 10.7. The number of nitrogens with one attached hydrogen (secondary N) is 1. The van der Waals surface area contributed by atoms with Gasteiger partial charge in [-0.05, 0) is 33.6 Å². The lowest BCUT2D eigenvalue weighted by molar-refractivity contribution is 0.219. The molecular weight excluding hydrogens is 230 g/mol. The minimum Gasteiger partial charge on any atom is -0.308 e. The average Bonchev–Trinajstić information content (AvgIpc) is 2.51. The Bertz CT molecular complexity index is 518. The SMILES string of the molecule is CN1CCCN(C)C(c2ncc(C#N)c(=O)[nH]2)C1. The predicted octanol–water partition coefficient (Wildman–Crippen LogP) is -0.0500. The third-order valence-electron chi connectivity index (χ3n) is 3.32. The molecule has 18 heavy (non-hydrogen) atoms. The van der Waals surface area contributed by atoms with Gasteiger partial charge in [-0.25, -0.2) is 4.98 Å². The Labute approximate surface area is 106 Å². The number of likely N-dealkylation sites (N-methyl/N-ethyl adjacent to an activating group) is 2. The monoisotopic (exact) mass is 247 g/mol. The van der Waals surface area contributed by atoms with E-state index >= 15 is 0 Å². The molecule has 0 radical (unpaired) electrons. The van der Waals surface area contributed by atoms with E-state index in [-0.39, 0.29) is 17.2 Å². The third kappa shape index (κ3) is 2.58. The van der Waals surface area contributed by atoms with Crippen molar-refractivity contribution in [1.29, 1.82) is 5.26 Å². The lowest BCUT2D eigenvalue weighted by atomic mass is 10.2. The molecule has 1 fully saturated rings. The molecule has 96 valence electrons. The van der Waals surface area contributed by atoms with E-state index in [4.69, 9.17) is 5.26 Å². The highest BCUT2D eigenvalue weighted by atomic mass is 16.1. The molecule has 1 aromatic rings. The maximum absolute atomic E-state index is 11.6. The topological polar surface area (TPSA) is 76.0 Å². The van der Waals surface area contributed by atoms with E-state index in [0.717, 1.165) is 26.1 Å². The van der Waals surface area contributed by atoms with Crippen LogP contribution in [0.5, 0.6) is 0 Å². The molecule has 1 unspecified atom stereocenters. The summed E-state index contributed by atoms with van der Waals surface area (Å²) < 4.78 is 0. The molecule has 1 aliphatic rings. The molecule has 0 aliphatic carbocycles. The normalized spacial score (nSPS) is 22.4. The van der Waals surface area contributed by atoms with E-state index in [2.05, 4.69) is 26.8 Å². The van der Waals surface area contributed by atoms with E-state index < -0.39 is 0 Å². The van der Waals surface area contributed by atoms with E-state index in [1.54, 1.807) is 0 Å². The molecule has 1 saturated heterocycles. The summed E-state index contributed by atoms with van der Waals surface area (Å²) in [6.45, 7) is 2.84. The number of aromatic amines is 1. The second kappa shape index (κ2) is 5.29. The lowest BCUT2D eigenvalue weighted by Crippen LogP contribution is -2.33. The zero-order valence-corrected chi connectivity index (χ0v) is 10.7. The number of nitriles is 1. The molecule has 1 aliphatic heterocycles. The van der Waals surface area contributed by atoms with Gasteiger partial charge in [0.2, 0.25) is 0 Å². The third-order valence-corrected chi connectivity index (χ3v) is 3.32. The van der Waals surface area contributed by atoms with Gasteiger partial charge in [-0.3, -0.25) is 9.69 Å². The van der Waals surface area contributed by atoms with Crippen molar-refractivity contribution in [3.63, 3.8) is 0 Å². The standard InChI is InChI=1S/C12H17N5O/c1-16-4-3-5-17(2)10(8-16)11-14-7-9(6-13)12(18)15-11/h7,10H,3-5,8H2,1-2H3,(H,14,15,18). The van der Waals surface area contributed by atoms with Crippen molar-refractivity contribution < 1.29 is 0 Å². The van der Waals surface area contributed by atoms with Gasteiger partial charge >= 0.3 is 0 Å². The minimum atomic E-state index is -0.359. The summed E-state index contributed by atoms with van der Waals surface area (Å²) in [6, 6.07) is 1.89. The van der Waals surface area contributed by atoms with Gasteiger partial charge in [0, 0.05) is 6.54 Å². The molecular formula is C12H17N5O. The Balaban J connectivity index is 2.31. The van der Waals surface area contributed by atoms with Crippen LogP contribution in [0.25, 0.3) is 0 Å². The van der Waals surface area contributed by atoms with Gasteiger partial charge in [-0.1, -0.05) is 0 Å². The number of aromatic nitrogens is 2. The minimum absolute atomic E-state index is 0.0587. The molecule has 0 aromatic carbocycles. The highest BCUT2D eigenvalue weighted by molar-refractivity contribution is 5.22. The van der Waals surface area contributed by atoms with Crippen molar-refractivity contribution in [2.75, 3.05) is 33.7 Å². The van der Waals surface area contributed by atoms with Crippen molar-refractivity contribution in [3.05, 3.63) is 27.9 Å². The van der Waals surface area contributed by atoms with Crippen LogP contribution in [0, 0.1) is 11.3 Å². The molecule has 1 N–H and O–H groups in total. The van der Waals surface area contributed by atoms with Crippen LogP contribution in [-0.2, 0) is 0 Å². The van der Waals surface area contributed by atoms with Gasteiger partial charge in [-0.2, -0.15) is 5.26 Å². The van der Waals surface area contributed by atoms with Crippen LogP contribution in [0.3, 0.4) is 0 Å². The van der Waals surface area contributed by atoms with Gasteiger partial charge in [0.25, 0.3) is 5.56 Å². The summed E-state index contributed by atoms with van der Waals surface area (Å²) in [5, 5.41) is 8.73. The molecule has 6 heteroatoms. The Morgan fingerprint density at radius 2 is 2.28 bits per heavy atom. The molecule has 0 bridgehead atoms. The summed E-state index contributed by atoms with van der Waals surface area (Å²) in [7, 11) is 4.09. The highest BCUT2D eigenvalue weighted by Crippen LogP contribution is 2.18. The maximum Gasteiger partial charge on any atom is 0.268 e. The summed E-state index contributed by atoms with van der Waals surface area (Å²) in [4.78, 5) is 23.0. The number of nitrogens with zero attached hydrogens (tertiary/aromatic N) is 4. The quantitative estimate of drug-likeness (QED) is 0.753. The Morgan fingerprint density at radius 3 is 2.94 bits per heavy atom. The first-order valence-corrected chi connectivity index (χ1v) is 6.00. The average molecular weight is 247 g/mol. The molecule has 6 nitrogen and oxygen atoms in total. The first-order chi connectivity index (χ1) is 8.61. The second-order valence-electron chi connectivity index (χ2n) is 4.74. The Kier molecular flexibility index (Phi) is 3.75. The van der Waals surface area contributed by atoms with E-state index in [0.29, 0.717) is 5.82 Å². The van der Waals surface area contributed by atoms with Crippen molar-refractivity contribution in [2.45, 2.75) is 12.5 Å². The van der Waals surface area contributed by atoms with Crippen molar-refractivity contribution >= 4 is 0 Å². The van der Waals surface area contributed by atoms with Crippen LogP contribution < -0.4 is 5.56 Å². The molecule has 2 heterocycles. The van der Waals surface area contributed by atoms with Gasteiger partial charge in [0.1, 0.15) is 17.5 Å². The fraction of sp³-hybridized carbons (Fsp3) is 0.583. The molecule has 1 atom stereocenters. The van der Waals surface area contributed by atoms with Gasteiger partial charge in [-0.15, -0.1) is 0 Å². The number of hydrogen-bond donors (Lipinski definition) is 1. The highest BCUT2D eigenvalue weighted by Gasteiger charge is 2.24. The smallest absolute Gasteiger partial charge is 0.268 e. The maximum atomic E-state index is 11.6. The van der Waals surface area contributed by atoms with Crippen LogP contribution in [0.1, 0.15) is 23.9 Å². The summed E-state index contributed by atoms with van der Waals surface area (Å²) in [5.74, 6) is 0.634. The van der Waals surface area contributed by atoms with E-state index in [9.17, 15) is 4.79 Å². The fourth-order valence-electron chi connectivity index (χ4n) is 2.22. The summed E-state index contributed by atoms with van der Waals surface area (Å²) in [5.41, 5.74) is -0.300. The summed E-state index contributed by atoms with van der Waals surface area (Å²) >= 11 is 0. The zero-order chi connectivity index (χ0) is 13.1. The van der Waals surface area contributed by atoms with Crippen LogP contribution >= 0.6 is 0 Å². The first-order valence-electron chi connectivity index (χ1n) is 6.00. The largest absolute Gasteiger partial charge is 0.308 e. The van der Waals surface area contributed by atoms with Crippen molar-refractivity contribution in [1.82, 2.24) is 19.8 Å². The van der Waals surface area contributed by atoms with Crippen LogP contribution in [0.4, 0.5) is 0 Å². The molecule has 0 amide bonds. The first kappa shape index (κ1) is 12.7. The Morgan fingerprint density at radius 1 is 1.50 bits per heavy atom. The van der Waals surface area contributed by atoms with Gasteiger partial charge in [0.15, 0.2) is 0 Å². The lowest BCUT2D eigenvalue weighted by Gasteiger charge is -2.26. The number of rotatable bonds is 1. The molecule has 0 spiro atoms. The van der Waals surface area contributed by atoms with E-state index in [1.165, 1.54) is 6.20 Å². The van der Waals surface area contributed by atoms with Crippen LogP contribution in [-0.4, -0.2) is 53.5 Å². The van der Waals surface area contributed by atoms with Crippen LogP contribution in [0.2, 0.25) is 0 Å². The van der Waals surface area contributed by atoms with Gasteiger partial charge < -0.3 is 9.88 Å². The van der Waals surface area contributed by atoms with Crippen molar-refractivity contribution in [2.24, 2.45) is 0 Å².